The van der Waals surface area contributed by atoms with Crippen LogP contribution in [0.1, 0.15) is 50.3 Å². The van der Waals surface area contributed by atoms with Crippen LogP contribution in [0.2, 0.25) is 0 Å². The van der Waals surface area contributed by atoms with Gasteiger partial charge in [0, 0.05) is 51.2 Å². The van der Waals surface area contributed by atoms with Gasteiger partial charge in [-0.05, 0) is 37.3 Å². The van der Waals surface area contributed by atoms with Crippen LogP contribution in [0, 0.1) is 0 Å². The summed E-state index contributed by atoms with van der Waals surface area (Å²) in [5.74, 6) is 0.332. The number of rotatable bonds is 5. The van der Waals surface area contributed by atoms with Crippen molar-refractivity contribution in [3.8, 4) is 0 Å². The third kappa shape index (κ3) is 3.98. The zero-order valence-electron chi connectivity index (χ0n) is 15.1. The molecular weight excluding hydrogens is 298 g/mol. The summed E-state index contributed by atoms with van der Waals surface area (Å²) in [6.07, 6.45) is 4.04. The van der Waals surface area contributed by atoms with Crippen molar-refractivity contribution in [3.05, 3.63) is 35.4 Å². The number of likely N-dealkylation sites (tertiary alicyclic amines) is 1. The van der Waals surface area contributed by atoms with Gasteiger partial charge >= 0.3 is 0 Å². The Kier molecular flexibility index (Phi) is 5.90. The van der Waals surface area contributed by atoms with Gasteiger partial charge in [-0.15, -0.1) is 0 Å². The average molecular weight is 329 g/mol. The van der Waals surface area contributed by atoms with E-state index in [9.17, 15) is 4.79 Å². The molecule has 0 bridgehead atoms. The monoisotopic (exact) mass is 329 g/mol. The van der Waals surface area contributed by atoms with Crippen LogP contribution in [0.3, 0.4) is 0 Å². The quantitative estimate of drug-likeness (QED) is 0.902. The number of hydrogen-bond acceptors (Lipinski definition) is 3. The molecule has 0 saturated carbocycles. The van der Waals surface area contributed by atoms with E-state index in [1.165, 1.54) is 11.1 Å². The van der Waals surface area contributed by atoms with Crippen molar-refractivity contribution in [3.63, 3.8) is 0 Å². The molecule has 4 heteroatoms. The van der Waals surface area contributed by atoms with Crippen molar-refractivity contribution in [2.24, 2.45) is 0 Å². The van der Waals surface area contributed by atoms with Crippen molar-refractivity contribution in [2.45, 2.75) is 51.6 Å². The van der Waals surface area contributed by atoms with Crippen LogP contribution in [-0.2, 0) is 11.2 Å². The van der Waals surface area contributed by atoms with Gasteiger partial charge in [0.05, 0.1) is 0 Å². The molecule has 1 amide bonds. The molecule has 24 heavy (non-hydrogen) atoms. The molecule has 2 heterocycles. The summed E-state index contributed by atoms with van der Waals surface area (Å²) in [6.45, 7) is 9.18. The molecular formula is C20H31N3O. The Hall–Kier alpha value is -1.39. The standard InChI is InChI=1S/C20H31N3O/c1-3-17-6-8-18(9-7-17)19-15-21-11-14-22(19)13-10-20(24)23-12-4-5-16(23)2/h6-9,16,19,21H,3-5,10-15H2,1-2H3. The van der Waals surface area contributed by atoms with Crippen molar-refractivity contribution in [1.82, 2.24) is 15.1 Å². The molecule has 0 radical (unpaired) electrons. The highest BCUT2D eigenvalue weighted by Crippen LogP contribution is 2.24. The first-order chi connectivity index (χ1) is 11.7. The lowest BCUT2D eigenvalue weighted by Gasteiger charge is -2.37. The topological polar surface area (TPSA) is 35.6 Å². The van der Waals surface area contributed by atoms with Crippen LogP contribution in [0.25, 0.3) is 0 Å². The van der Waals surface area contributed by atoms with Crippen LogP contribution in [0.5, 0.6) is 0 Å². The molecule has 1 aromatic carbocycles. The van der Waals surface area contributed by atoms with E-state index in [-0.39, 0.29) is 0 Å². The van der Waals surface area contributed by atoms with Crippen LogP contribution in [0.15, 0.2) is 24.3 Å². The third-order valence-electron chi connectivity index (χ3n) is 5.61. The second-order valence-electron chi connectivity index (χ2n) is 7.18. The summed E-state index contributed by atoms with van der Waals surface area (Å²) in [4.78, 5) is 17.1. The van der Waals surface area contributed by atoms with Crippen molar-refractivity contribution < 1.29 is 4.79 Å². The van der Waals surface area contributed by atoms with Gasteiger partial charge in [-0.3, -0.25) is 9.69 Å². The Bertz CT molecular complexity index is 542. The third-order valence-corrected chi connectivity index (χ3v) is 5.61. The number of nitrogens with one attached hydrogen (secondary N) is 1. The molecule has 2 saturated heterocycles. The van der Waals surface area contributed by atoms with E-state index in [2.05, 4.69) is 53.2 Å². The van der Waals surface area contributed by atoms with E-state index in [0.29, 0.717) is 24.4 Å². The summed E-state index contributed by atoms with van der Waals surface area (Å²) in [5.41, 5.74) is 2.74. The normalized spacial score (nSPS) is 25.2. The van der Waals surface area contributed by atoms with E-state index >= 15 is 0 Å². The number of aryl methyl sites for hydroxylation is 1. The maximum Gasteiger partial charge on any atom is 0.224 e. The van der Waals surface area contributed by atoms with E-state index in [0.717, 1.165) is 52.0 Å². The molecule has 2 aliphatic rings. The number of carbonyl (C=O) groups is 1. The summed E-state index contributed by atoms with van der Waals surface area (Å²) in [7, 11) is 0. The zero-order chi connectivity index (χ0) is 16.9. The second-order valence-corrected chi connectivity index (χ2v) is 7.18. The maximum atomic E-state index is 12.5. The average Bonchev–Trinajstić information content (AvgIpc) is 3.06. The van der Waals surface area contributed by atoms with Gasteiger partial charge in [0.15, 0.2) is 0 Å². The lowest BCUT2D eigenvalue weighted by Crippen LogP contribution is -2.47. The molecule has 0 aromatic heterocycles. The Balaban J connectivity index is 1.60. The predicted molar refractivity (Wildman–Crippen MR) is 98.0 cm³/mol. The van der Waals surface area contributed by atoms with Gasteiger partial charge in [-0.1, -0.05) is 31.2 Å². The highest BCUT2D eigenvalue weighted by molar-refractivity contribution is 5.77. The maximum absolute atomic E-state index is 12.5. The SMILES string of the molecule is CCc1ccc(C2CNCCN2CCC(=O)N2CCCC2C)cc1. The van der Waals surface area contributed by atoms with E-state index in [1.54, 1.807) is 0 Å². The first kappa shape index (κ1) is 17.4. The Morgan fingerprint density at radius 1 is 1.25 bits per heavy atom. The molecule has 1 N–H and O–H groups in total. The second kappa shape index (κ2) is 8.13. The molecule has 0 aliphatic carbocycles. The smallest absolute Gasteiger partial charge is 0.224 e. The molecule has 2 atom stereocenters. The van der Waals surface area contributed by atoms with E-state index < -0.39 is 0 Å². The van der Waals surface area contributed by atoms with Crippen LogP contribution < -0.4 is 5.32 Å². The summed E-state index contributed by atoms with van der Waals surface area (Å²) in [6, 6.07) is 9.80. The minimum absolute atomic E-state index is 0.332. The van der Waals surface area contributed by atoms with Gasteiger partial charge in [-0.25, -0.2) is 0 Å². The molecule has 2 fully saturated rings. The number of carbonyl (C=O) groups excluding carboxylic acids is 1. The van der Waals surface area contributed by atoms with Crippen molar-refractivity contribution >= 4 is 5.91 Å². The van der Waals surface area contributed by atoms with Crippen LogP contribution in [0.4, 0.5) is 0 Å². The number of amides is 1. The fraction of sp³-hybridized carbons (Fsp3) is 0.650. The minimum Gasteiger partial charge on any atom is -0.340 e. The molecule has 4 nitrogen and oxygen atoms in total. The molecule has 1 aromatic rings. The first-order valence-corrected chi connectivity index (χ1v) is 9.52. The van der Waals surface area contributed by atoms with Crippen LogP contribution >= 0.6 is 0 Å². The fourth-order valence-corrected chi connectivity index (χ4v) is 4.00. The summed E-state index contributed by atoms with van der Waals surface area (Å²) >= 11 is 0. The fourth-order valence-electron chi connectivity index (χ4n) is 4.00. The summed E-state index contributed by atoms with van der Waals surface area (Å²) < 4.78 is 0. The van der Waals surface area contributed by atoms with Gasteiger partial charge in [0.1, 0.15) is 0 Å². The number of piperazine rings is 1. The molecule has 0 spiro atoms. The van der Waals surface area contributed by atoms with Gasteiger partial charge in [0.25, 0.3) is 0 Å². The van der Waals surface area contributed by atoms with Crippen molar-refractivity contribution in [2.75, 3.05) is 32.7 Å². The van der Waals surface area contributed by atoms with Gasteiger partial charge in [-0.2, -0.15) is 0 Å². The highest BCUT2D eigenvalue weighted by atomic mass is 16.2. The first-order valence-electron chi connectivity index (χ1n) is 9.52. The predicted octanol–water partition coefficient (Wildman–Crippen LogP) is 2.60. The Morgan fingerprint density at radius 3 is 2.71 bits per heavy atom. The lowest BCUT2D eigenvalue weighted by molar-refractivity contribution is -0.132. The zero-order valence-corrected chi connectivity index (χ0v) is 15.1. The van der Waals surface area contributed by atoms with E-state index in [1.807, 2.05) is 0 Å². The van der Waals surface area contributed by atoms with Gasteiger partial charge < -0.3 is 10.2 Å². The summed E-state index contributed by atoms with van der Waals surface area (Å²) in [5, 5.41) is 3.50. The molecule has 132 valence electrons. The highest BCUT2D eigenvalue weighted by Gasteiger charge is 2.27. The van der Waals surface area contributed by atoms with Gasteiger partial charge in [0.2, 0.25) is 5.91 Å². The molecule has 2 unspecified atom stereocenters. The Labute approximate surface area is 146 Å². The van der Waals surface area contributed by atoms with Crippen molar-refractivity contribution in [1.29, 1.82) is 0 Å². The number of benzene rings is 1. The molecule has 2 aliphatic heterocycles. The number of hydrogen-bond donors (Lipinski definition) is 1. The van der Waals surface area contributed by atoms with Crippen LogP contribution in [-0.4, -0.2) is 54.5 Å². The largest absolute Gasteiger partial charge is 0.340 e. The Morgan fingerprint density at radius 2 is 2.04 bits per heavy atom. The minimum atomic E-state index is 0.332. The molecule has 3 rings (SSSR count). The lowest BCUT2D eigenvalue weighted by atomic mass is 10.0. The van der Waals surface area contributed by atoms with E-state index in [4.69, 9.17) is 0 Å². The number of nitrogens with zero attached hydrogens (tertiary/aromatic N) is 2.